The molecule has 3 nitrogen and oxygen atoms in total. The summed E-state index contributed by atoms with van der Waals surface area (Å²) in [6.45, 7) is 2.72. The van der Waals surface area contributed by atoms with Gasteiger partial charge in [0.15, 0.2) is 0 Å². The van der Waals surface area contributed by atoms with Crippen molar-refractivity contribution in [1.82, 2.24) is 15.0 Å². The number of hydrogen-bond acceptors (Lipinski definition) is 2. The molecular formula is C24H19N3. The van der Waals surface area contributed by atoms with Crippen LogP contribution < -0.4 is 0 Å². The van der Waals surface area contributed by atoms with Crippen LogP contribution in [0.5, 0.6) is 0 Å². The third-order valence-electron chi connectivity index (χ3n) is 4.33. The lowest BCUT2D eigenvalue weighted by atomic mass is 10.1. The maximum Gasteiger partial charge on any atom is 0.140 e. The number of aromatic nitrogens is 3. The minimum atomic E-state index is 0.638. The Kier molecular flexibility index (Phi) is 4.80. The van der Waals surface area contributed by atoms with Gasteiger partial charge in [-0.05, 0) is 30.5 Å². The number of rotatable bonds is 3. The van der Waals surface area contributed by atoms with Gasteiger partial charge < -0.3 is 0 Å². The molecule has 0 aliphatic heterocycles. The first-order valence-corrected chi connectivity index (χ1v) is 8.91. The van der Waals surface area contributed by atoms with E-state index < -0.39 is 0 Å². The van der Waals surface area contributed by atoms with Crippen molar-refractivity contribution < 1.29 is 0 Å². The average Bonchev–Trinajstić information content (AvgIpc) is 3.12. The van der Waals surface area contributed by atoms with Gasteiger partial charge >= 0.3 is 0 Å². The summed E-state index contributed by atoms with van der Waals surface area (Å²) in [7, 11) is 0. The van der Waals surface area contributed by atoms with Gasteiger partial charge in [0.1, 0.15) is 11.4 Å². The van der Waals surface area contributed by atoms with Crippen LogP contribution in [0.1, 0.15) is 22.4 Å². The van der Waals surface area contributed by atoms with Gasteiger partial charge in [0.2, 0.25) is 0 Å². The second-order valence-corrected chi connectivity index (χ2v) is 6.41. The fourth-order valence-corrected chi connectivity index (χ4v) is 2.86. The Bertz CT molecular complexity index is 1080. The Morgan fingerprint density at radius 1 is 0.778 bits per heavy atom. The van der Waals surface area contributed by atoms with Gasteiger partial charge in [-0.1, -0.05) is 89.5 Å². The smallest absolute Gasteiger partial charge is 0.140 e. The number of aryl methyl sites for hydroxylation is 1. The van der Waals surface area contributed by atoms with Crippen molar-refractivity contribution >= 4 is 0 Å². The second-order valence-electron chi connectivity index (χ2n) is 6.41. The quantitative estimate of drug-likeness (QED) is 0.502. The minimum absolute atomic E-state index is 0.638. The van der Waals surface area contributed by atoms with E-state index in [1.165, 1.54) is 11.1 Å². The van der Waals surface area contributed by atoms with Crippen molar-refractivity contribution in [1.29, 1.82) is 0 Å². The lowest BCUT2D eigenvalue weighted by Crippen LogP contribution is -2.05. The summed E-state index contributed by atoms with van der Waals surface area (Å²) in [5.41, 5.74) is 6.04. The molecule has 4 rings (SSSR count). The average molecular weight is 349 g/mol. The summed E-state index contributed by atoms with van der Waals surface area (Å²) >= 11 is 0. The van der Waals surface area contributed by atoms with Gasteiger partial charge in [0.05, 0.1) is 6.54 Å². The molecule has 0 amide bonds. The normalized spacial score (nSPS) is 10.3. The molecule has 4 aromatic rings. The van der Waals surface area contributed by atoms with E-state index in [2.05, 4.69) is 53.3 Å². The Morgan fingerprint density at radius 3 is 2.15 bits per heavy atom. The molecule has 1 heterocycles. The zero-order valence-electron chi connectivity index (χ0n) is 15.1. The van der Waals surface area contributed by atoms with Crippen LogP contribution >= 0.6 is 0 Å². The van der Waals surface area contributed by atoms with Crippen molar-refractivity contribution in [2.45, 2.75) is 13.5 Å². The van der Waals surface area contributed by atoms with Crippen LogP contribution in [0, 0.1) is 18.8 Å². The predicted octanol–water partition coefficient (Wildman–Crippen LogP) is 4.70. The Hall–Kier alpha value is -3.64. The molecule has 0 aliphatic rings. The highest BCUT2D eigenvalue weighted by Crippen LogP contribution is 2.21. The van der Waals surface area contributed by atoms with E-state index in [0.717, 1.165) is 22.5 Å². The Morgan fingerprint density at radius 2 is 1.44 bits per heavy atom. The molecule has 130 valence electrons. The fraction of sp³-hybridized carbons (Fsp3) is 0.0833. The lowest BCUT2D eigenvalue weighted by molar-refractivity contribution is 0.643. The van der Waals surface area contributed by atoms with Crippen molar-refractivity contribution in [2.75, 3.05) is 0 Å². The molecule has 0 aliphatic carbocycles. The first kappa shape index (κ1) is 16.8. The molecule has 0 N–H and O–H groups in total. The lowest BCUT2D eigenvalue weighted by Gasteiger charge is -2.04. The van der Waals surface area contributed by atoms with E-state index in [0.29, 0.717) is 6.54 Å². The zero-order chi connectivity index (χ0) is 18.5. The third-order valence-corrected chi connectivity index (χ3v) is 4.33. The molecule has 0 unspecified atom stereocenters. The molecule has 27 heavy (non-hydrogen) atoms. The van der Waals surface area contributed by atoms with E-state index in [9.17, 15) is 0 Å². The van der Waals surface area contributed by atoms with E-state index in [-0.39, 0.29) is 0 Å². The van der Waals surface area contributed by atoms with Gasteiger partial charge in [-0.25, -0.2) is 4.68 Å². The number of nitrogens with zero attached hydrogens (tertiary/aromatic N) is 3. The van der Waals surface area contributed by atoms with E-state index in [1.807, 2.05) is 65.3 Å². The molecule has 0 radical (unpaired) electrons. The molecular weight excluding hydrogens is 330 g/mol. The molecule has 0 saturated carbocycles. The highest BCUT2D eigenvalue weighted by Gasteiger charge is 2.13. The van der Waals surface area contributed by atoms with Crippen LogP contribution in [0.15, 0.2) is 84.9 Å². The van der Waals surface area contributed by atoms with Crippen LogP contribution in [0.25, 0.3) is 11.3 Å². The van der Waals surface area contributed by atoms with Crippen LogP contribution in [0.3, 0.4) is 0 Å². The number of benzene rings is 3. The molecule has 0 saturated heterocycles. The van der Waals surface area contributed by atoms with Crippen molar-refractivity contribution in [3.63, 3.8) is 0 Å². The van der Waals surface area contributed by atoms with Gasteiger partial charge in [0, 0.05) is 11.1 Å². The monoisotopic (exact) mass is 349 g/mol. The highest BCUT2D eigenvalue weighted by atomic mass is 15.4. The Labute approximate surface area is 159 Å². The van der Waals surface area contributed by atoms with Gasteiger partial charge in [-0.3, -0.25) is 0 Å². The summed E-state index contributed by atoms with van der Waals surface area (Å²) in [6.07, 6.45) is 0. The summed E-state index contributed by atoms with van der Waals surface area (Å²) in [5, 5.41) is 8.81. The Balaban J connectivity index is 1.76. The summed E-state index contributed by atoms with van der Waals surface area (Å²) in [6, 6.07) is 28.5. The SMILES string of the molecule is Cc1ccc(Cn2nnc(-c3ccccc3)c2C#Cc2ccccc2)cc1. The molecule has 0 atom stereocenters. The molecule has 3 aromatic carbocycles. The van der Waals surface area contributed by atoms with Gasteiger partial charge in [0.25, 0.3) is 0 Å². The molecule has 3 heteroatoms. The third kappa shape index (κ3) is 3.96. The van der Waals surface area contributed by atoms with Crippen LogP contribution in [-0.4, -0.2) is 15.0 Å². The maximum atomic E-state index is 4.42. The largest absolute Gasteiger partial charge is 0.232 e. The van der Waals surface area contributed by atoms with E-state index in [4.69, 9.17) is 0 Å². The first-order chi connectivity index (χ1) is 13.3. The minimum Gasteiger partial charge on any atom is -0.232 e. The van der Waals surface area contributed by atoms with E-state index in [1.54, 1.807) is 0 Å². The summed E-state index contributed by atoms with van der Waals surface area (Å²) in [5.74, 6) is 6.54. The predicted molar refractivity (Wildman–Crippen MR) is 108 cm³/mol. The molecule has 0 fully saturated rings. The van der Waals surface area contributed by atoms with Gasteiger partial charge in [-0.2, -0.15) is 0 Å². The van der Waals surface area contributed by atoms with Crippen LogP contribution in [0.2, 0.25) is 0 Å². The molecule has 0 spiro atoms. The van der Waals surface area contributed by atoms with Crippen molar-refractivity contribution in [2.24, 2.45) is 0 Å². The van der Waals surface area contributed by atoms with Crippen LogP contribution in [0.4, 0.5) is 0 Å². The van der Waals surface area contributed by atoms with Crippen LogP contribution in [-0.2, 0) is 6.54 Å². The second kappa shape index (κ2) is 7.72. The zero-order valence-corrected chi connectivity index (χ0v) is 15.1. The van der Waals surface area contributed by atoms with E-state index >= 15 is 0 Å². The summed E-state index contributed by atoms with van der Waals surface area (Å²) in [4.78, 5) is 0. The number of hydrogen-bond donors (Lipinski definition) is 0. The summed E-state index contributed by atoms with van der Waals surface area (Å²) < 4.78 is 1.88. The molecule has 0 bridgehead atoms. The van der Waals surface area contributed by atoms with Crippen molar-refractivity contribution in [3.8, 4) is 23.1 Å². The molecule has 1 aromatic heterocycles. The van der Waals surface area contributed by atoms with Crippen molar-refractivity contribution in [3.05, 3.63) is 107 Å². The van der Waals surface area contributed by atoms with Gasteiger partial charge in [-0.15, -0.1) is 5.10 Å². The topological polar surface area (TPSA) is 30.7 Å². The standard InChI is InChI=1S/C24H19N3/c1-19-12-14-21(15-13-19)18-27-23(17-16-20-8-4-2-5-9-20)24(25-26-27)22-10-6-3-7-11-22/h2-15H,18H2,1H3. The first-order valence-electron chi connectivity index (χ1n) is 8.91. The fourth-order valence-electron chi connectivity index (χ4n) is 2.86. The maximum absolute atomic E-state index is 4.42. The highest BCUT2D eigenvalue weighted by molar-refractivity contribution is 5.65.